The normalized spacial score (nSPS) is 13.2. The molecule has 0 fully saturated rings. The first kappa shape index (κ1) is 25.0. The Morgan fingerprint density at radius 1 is 1.03 bits per heavy atom. The number of nitrogens with one attached hydrogen (secondary N) is 2. The average Bonchev–Trinajstić information content (AvgIpc) is 3.20. The zero-order valence-electron chi connectivity index (χ0n) is 19.7. The van der Waals surface area contributed by atoms with E-state index in [-0.39, 0.29) is 16.2 Å². The minimum absolute atomic E-state index is 0.0882. The Morgan fingerprint density at radius 2 is 1.70 bits per heavy atom. The van der Waals surface area contributed by atoms with E-state index in [0.29, 0.717) is 10.1 Å². The molecule has 0 spiro atoms. The Bertz CT molecular complexity index is 1230. The van der Waals surface area contributed by atoms with Crippen molar-refractivity contribution < 1.29 is 13.2 Å². The molecule has 0 radical (unpaired) electrons. The number of hydrogen-bond acceptors (Lipinski definition) is 6. The van der Waals surface area contributed by atoms with E-state index < -0.39 is 22.0 Å². The summed E-state index contributed by atoms with van der Waals surface area (Å²) in [5, 5.41) is 11.9. The van der Waals surface area contributed by atoms with Crippen LogP contribution in [0.3, 0.4) is 0 Å². The van der Waals surface area contributed by atoms with Gasteiger partial charge in [0, 0.05) is 5.56 Å². The van der Waals surface area contributed by atoms with Gasteiger partial charge in [0.25, 0.3) is 0 Å². The summed E-state index contributed by atoms with van der Waals surface area (Å²) in [5.74, 6) is -0.760. The fourth-order valence-corrected chi connectivity index (χ4v) is 5.30. The van der Waals surface area contributed by atoms with Crippen LogP contribution in [0.25, 0.3) is 10.6 Å². The van der Waals surface area contributed by atoms with Gasteiger partial charge < -0.3 is 0 Å². The smallest absolute Gasteiger partial charge is 0.244 e. The molecule has 0 aliphatic heterocycles. The fraction of sp³-hybridized carbons (Fsp3) is 0.375. The van der Waals surface area contributed by atoms with E-state index in [1.54, 1.807) is 38.1 Å². The molecular weight excluding hydrogens is 456 g/mol. The maximum absolute atomic E-state index is 13.0. The summed E-state index contributed by atoms with van der Waals surface area (Å²) < 4.78 is 28.5. The van der Waals surface area contributed by atoms with Crippen molar-refractivity contribution in [1.29, 1.82) is 0 Å². The van der Waals surface area contributed by atoms with Gasteiger partial charge in [-0.2, -0.15) is 4.72 Å². The minimum Gasteiger partial charge on any atom is -0.299 e. The molecule has 2 aromatic carbocycles. The SMILES string of the molecule is Cc1cccc(-c2nnc(NC(=O)C(NS(=O)(=O)c3ccc(C(C)(C)C)cc3)C(C)C)s2)c1. The van der Waals surface area contributed by atoms with Crippen molar-refractivity contribution >= 4 is 32.4 Å². The number of carbonyl (C=O) groups is 1. The Kier molecular flexibility index (Phi) is 7.36. The number of benzene rings is 2. The van der Waals surface area contributed by atoms with Crippen molar-refractivity contribution in [2.75, 3.05) is 5.32 Å². The molecule has 9 heteroatoms. The second kappa shape index (κ2) is 9.70. The van der Waals surface area contributed by atoms with Gasteiger partial charge in [0.1, 0.15) is 11.0 Å². The van der Waals surface area contributed by atoms with E-state index in [1.807, 2.05) is 31.2 Å². The van der Waals surface area contributed by atoms with Crippen LogP contribution in [-0.2, 0) is 20.2 Å². The third-order valence-electron chi connectivity index (χ3n) is 5.18. The number of rotatable bonds is 7. The number of aromatic nitrogens is 2. The second-order valence-corrected chi connectivity index (χ2v) is 12.1. The van der Waals surface area contributed by atoms with Gasteiger partial charge in [-0.05, 0) is 42.0 Å². The quantitative estimate of drug-likeness (QED) is 0.502. The monoisotopic (exact) mass is 486 g/mol. The minimum atomic E-state index is -3.89. The zero-order chi connectivity index (χ0) is 24.4. The highest BCUT2D eigenvalue weighted by atomic mass is 32.2. The summed E-state index contributed by atoms with van der Waals surface area (Å²) in [6.07, 6.45) is 0. The predicted molar refractivity (Wildman–Crippen MR) is 133 cm³/mol. The molecule has 1 amide bonds. The van der Waals surface area contributed by atoms with Gasteiger partial charge in [-0.15, -0.1) is 10.2 Å². The van der Waals surface area contributed by atoms with Gasteiger partial charge in [-0.25, -0.2) is 8.42 Å². The molecule has 33 heavy (non-hydrogen) atoms. The van der Waals surface area contributed by atoms with Crippen molar-refractivity contribution in [1.82, 2.24) is 14.9 Å². The van der Waals surface area contributed by atoms with Gasteiger partial charge in [-0.1, -0.05) is 81.9 Å². The third kappa shape index (κ3) is 6.25. The molecule has 0 aliphatic carbocycles. The Hall–Kier alpha value is -2.62. The highest BCUT2D eigenvalue weighted by Gasteiger charge is 2.29. The molecular formula is C24H30N4O3S2. The Labute approximate surface area is 199 Å². The molecule has 3 rings (SSSR count). The molecule has 0 aliphatic rings. The highest BCUT2D eigenvalue weighted by Crippen LogP contribution is 2.27. The van der Waals surface area contributed by atoms with Crippen LogP contribution in [0.5, 0.6) is 0 Å². The molecule has 1 aromatic heterocycles. The van der Waals surface area contributed by atoms with Crippen LogP contribution in [0.1, 0.15) is 45.7 Å². The van der Waals surface area contributed by atoms with Crippen molar-refractivity contribution in [3.63, 3.8) is 0 Å². The Morgan fingerprint density at radius 3 is 2.27 bits per heavy atom. The summed E-state index contributed by atoms with van der Waals surface area (Å²) >= 11 is 1.24. The summed E-state index contributed by atoms with van der Waals surface area (Å²) in [7, 11) is -3.89. The highest BCUT2D eigenvalue weighted by molar-refractivity contribution is 7.89. The average molecular weight is 487 g/mol. The van der Waals surface area contributed by atoms with Gasteiger partial charge in [0.05, 0.1) is 4.90 Å². The Balaban J connectivity index is 1.75. The fourth-order valence-electron chi connectivity index (χ4n) is 3.21. The van der Waals surface area contributed by atoms with Crippen LogP contribution < -0.4 is 10.0 Å². The molecule has 2 N–H and O–H groups in total. The largest absolute Gasteiger partial charge is 0.299 e. The number of anilines is 1. The van der Waals surface area contributed by atoms with Crippen molar-refractivity contribution in [2.24, 2.45) is 5.92 Å². The maximum Gasteiger partial charge on any atom is 0.244 e. The molecule has 176 valence electrons. The van der Waals surface area contributed by atoms with E-state index in [0.717, 1.165) is 16.7 Å². The first-order chi connectivity index (χ1) is 15.4. The van der Waals surface area contributed by atoms with Crippen LogP contribution in [0.2, 0.25) is 0 Å². The van der Waals surface area contributed by atoms with Gasteiger partial charge >= 0.3 is 0 Å². The zero-order valence-corrected chi connectivity index (χ0v) is 21.3. The molecule has 1 heterocycles. The van der Waals surface area contributed by atoms with Gasteiger partial charge in [0.2, 0.25) is 21.1 Å². The summed E-state index contributed by atoms with van der Waals surface area (Å²) in [4.78, 5) is 13.1. The summed E-state index contributed by atoms with van der Waals surface area (Å²) in [6, 6.07) is 13.6. The number of carbonyl (C=O) groups excluding carboxylic acids is 1. The number of sulfonamides is 1. The van der Waals surface area contributed by atoms with Crippen molar-refractivity contribution in [3.8, 4) is 10.6 Å². The van der Waals surface area contributed by atoms with Gasteiger partial charge in [-0.3, -0.25) is 10.1 Å². The van der Waals surface area contributed by atoms with E-state index in [2.05, 4.69) is 41.0 Å². The van der Waals surface area contributed by atoms with Crippen LogP contribution in [0, 0.1) is 12.8 Å². The number of amides is 1. The van der Waals surface area contributed by atoms with Crippen molar-refractivity contribution in [3.05, 3.63) is 59.7 Å². The molecule has 0 saturated carbocycles. The lowest BCUT2D eigenvalue weighted by molar-refractivity contribution is -0.118. The van der Waals surface area contributed by atoms with Crippen LogP contribution in [-0.4, -0.2) is 30.6 Å². The molecule has 0 bridgehead atoms. The van der Waals surface area contributed by atoms with E-state index in [1.165, 1.54) is 11.3 Å². The molecule has 1 unspecified atom stereocenters. The van der Waals surface area contributed by atoms with Crippen LogP contribution in [0.15, 0.2) is 53.4 Å². The van der Waals surface area contributed by atoms with Crippen LogP contribution in [0.4, 0.5) is 5.13 Å². The standard InChI is InChI=1S/C24H30N4O3S2/c1-15(2)20(28-33(30,31)19-12-10-18(11-13-19)24(4,5)6)21(29)25-23-27-26-22(32-23)17-9-7-8-16(3)14-17/h7-15,20,28H,1-6H3,(H,25,27,29). The van der Waals surface area contributed by atoms with E-state index in [4.69, 9.17) is 0 Å². The lowest BCUT2D eigenvalue weighted by Crippen LogP contribution is -2.47. The first-order valence-corrected chi connectivity index (χ1v) is 13.0. The third-order valence-corrected chi connectivity index (χ3v) is 7.53. The van der Waals surface area contributed by atoms with Crippen LogP contribution >= 0.6 is 11.3 Å². The number of hydrogen-bond donors (Lipinski definition) is 2. The van der Waals surface area contributed by atoms with E-state index in [9.17, 15) is 13.2 Å². The maximum atomic E-state index is 13.0. The topological polar surface area (TPSA) is 101 Å². The first-order valence-electron chi connectivity index (χ1n) is 10.7. The molecule has 0 saturated heterocycles. The summed E-state index contributed by atoms with van der Waals surface area (Å²) in [6.45, 7) is 11.7. The lowest BCUT2D eigenvalue weighted by Gasteiger charge is -2.22. The number of nitrogens with zero attached hydrogens (tertiary/aromatic N) is 2. The number of aryl methyl sites for hydroxylation is 1. The molecule has 1 atom stereocenters. The molecule has 3 aromatic rings. The lowest BCUT2D eigenvalue weighted by atomic mass is 9.87. The summed E-state index contributed by atoms with van der Waals surface area (Å²) in [5.41, 5.74) is 2.95. The molecule has 7 nitrogen and oxygen atoms in total. The van der Waals surface area contributed by atoms with Crippen molar-refractivity contribution in [2.45, 2.75) is 57.9 Å². The predicted octanol–water partition coefficient (Wildman–Crippen LogP) is 4.75. The second-order valence-electron chi connectivity index (χ2n) is 9.39. The van der Waals surface area contributed by atoms with E-state index >= 15 is 0 Å². The van der Waals surface area contributed by atoms with Gasteiger partial charge in [0.15, 0.2) is 0 Å².